The first-order valence-corrected chi connectivity index (χ1v) is 9.74. The Morgan fingerprint density at radius 3 is 2.50 bits per heavy atom. The molecule has 1 fully saturated rings. The lowest BCUT2D eigenvalue weighted by Crippen LogP contribution is -2.32. The molecule has 1 saturated carbocycles. The lowest BCUT2D eigenvalue weighted by Gasteiger charge is -2.16. The molecule has 0 bridgehead atoms. The molecule has 0 radical (unpaired) electrons. The predicted octanol–water partition coefficient (Wildman–Crippen LogP) is 4.14. The van der Waals surface area contributed by atoms with Gasteiger partial charge in [0, 0.05) is 11.1 Å². The van der Waals surface area contributed by atoms with Gasteiger partial charge in [-0.1, -0.05) is 49.2 Å². The van der Waals surface area contributed by atoms with E-state index in [0.29, 0.717) is 11.1 Å². The molecule has 6 heteroatoms. The lowest BCUT2D eigenvalue weighted by atomic mass is 10.1. The van der Waals surface area contributed by atoms with Crippen molar-refractivity contribution in [2.45, 2.75) is 45.2 Å². The number of urea groups is 1. The molecular formula is C22H24N4O2. The summed E-state index contributed by atoms with van der Waals surface area (Å²) in [5, 5.41) is 11.8. The number of carbonyl (C=O) groups is 1. The maximum Gasteiger partial charge on any atom is 0.319 e. The highest BCUT2D eigenvalue weighted by atomic mass is 16.2. The molecule has 0 unspecified atom stereocenters. The minimum absolute atomic E-state index is 0.0457. The fraction of sp³-hybridized carbons (Fsp3) is 0.318. The van der Waals surface area contributed by atoms with Gasteiger partial charge in [0.05, 0.1) is 23.7 Å². The summed E-state index contributed by atoms with van der Waals surface area (Å²) < 4.78 is 1.63. The molecule has 1 aliphatic carbocycles. The maximum atomic E-state index is 12.9. The Kier molecular flexibility index (Phi) is 5.10. The molecule has 1 heterocycles. The zero-order chi connectivity index (χ0) is 19.5. The molecule has 0 spiro atoms. The zero-order valence-electron chi connectivity index (χ0n) is 15.9. The number of nitrogens with one attached hydrogen (secondary N) is 2. The monoisotopic (exact) mass is 376 g/mol. The zero-order valence-corrected chi connectivity index (χ0v) is 15.9. The van der Waals surface area contributed by atoms with Gasteiger partial charge in [0.15, 0.2) is 0 Å². The number of benzene rings is 2. The summed E-state index contributed by atoms with van der Waals surface area (Å²) >= 11 is 0. The average Bonchev–Trinajstić information content (AvgIpc) is 3.24. The van der Waals surface area contributed by atoms with Crippen molar-refractivity contribution in [3.8, 4) is 0 Å². The summed E-state index contributed by atoms with van der Waals surface area (Å²) in [4.78, 5) is 25.2. The van der Waals surface area contributed by atoms with Gasteiger partial charge in [-0.3, -0.25) is 4.79 Å². The van der Waals surface area contributed by atoms with E-state index in [1.165, 1.54) is 0 Å². The molecule has 2 N–H and O–H groups in total. The first-order valence-electron chi connectivity index (χ1n) is 9.74. The minimum atomic E-state index is -0.293. The van der Waals surface area contributed by atoms with Crippen LogP contribution < -0.4 is 16.2 Å². The van der Waals surface area contributed by atoms with Gasteiger partial charge in [-0.15, -0.1) is 0 Å². The Morgan fingerprint density at radius 1 is 1.07 bits per heavy atom. The van der Waals surface area contributed by atoms with Crippen molar-refractivity contribution in [1.29, 1.82) is 0 Å². The van der Waals surface area contributed by atoms with Crippen molar-refractivity contribution in [3.05, 3.63) is 70.1 Å². The number of hydrogen-bond donors (Lipinski definition) is 2. The van der Waals surface area contributed by atoms with Gasteiger partial charge < -0.3 is 10.6 Å². The van der Waals surface area contributed by atoms with Gasteiger partial charge in [-0.25, -0.2) is 9.48 Å². The number of para-hydroxylation sites is 1. The van der Waals surface area contributed by atoms with E-state index < -0.39 is 0 Å². The number of carbonyl (C=O) groups excluding carboxylic acids is 1. The quantitative estimate of drug-likeness (QED) is 0.718. The number of amides is 2. The molecule has 1 aliphatic rings. The molecule has 0 aliphatic heterocycles. The summed E-state index contributed by atoms with van der Waals surface area (Å²) in [5.41, 5.74) is 2.43. The average molecular weight is 376 g/mol. The van der Waals surface area contributed by atoms with Crippen molar-refractivity contribution >= 4 is 22.5 Å². The highest BCUT2D eigenvalue weighted by Crippen LogP contribution is 2.28. The third-order valence-electron chi connectivity index (χ3n) is 5.39. The molecule has 4 rings (SSSR count). The highest BCUT2D eigenvalue weighted by Gasteiger charge is 2.21. The number of aromatic nitrogens is 2. The van der Waals surface area contributed by atoms with E-state index in [-0.39, 0.29) is 24.2 Å². The van der Waals surface area contributed by atoms with Crippen molar-refractivity contribution in [3.63, 3.8) is 0 Å². The summed E-state index contributed by atoms with van der Waals surface area (Å²) in [6, 6.07) is 15.0. The van der Waals surface area contributed by atoms with Crippen LogP contribution in [0.1, 0.15) is 43.0 Å². The van der Waals surface area contributed by atoms with Crippen LogP contribution >= 0.6 is 0 Å². The Balaban J connectivity index is 1.59. The van der Waals surface area contributed by atoms with Crippen molar-refractivity contribution in [2.75, 3.05) is 5.32 Å². The molecular weight excluding hydrogens is 352 g/mol. The van der Waals surface area contributed by atoms with Gasteiger partial charge in [0.25, 0.3) is 5.56 Å². The van der Waals surface area contributed by atoms with Crippen molar-refractivity contribution in [1.82, 2.24) is 15.1 Å². The number of nitrogens with zero attached hydrogens (tertiary/aromatic N) is 2. The van der Waals surface area contributed by atoms with E-state index in [0.717, 1.165) is 42.3 Å². The number of aryl methyl sites for hydroxylation is 1. The van der Waals surface area contributed by atoms with Gasteiger partial charge in [-0.05, 0) is 37.5 Å². The second-order valence-electron chi connectivity index (χ2n) is 7.30. The van der Waals surface area contributed by atoms with Crippen LogP contribution in [0.5, 0.6) is 0 Å². The topological polar surface area (TPSA) is 76.0 Å². The van der Waals surface area contributed by atoms with E-state index in [2.05, 4.69) is 15.7 Å². The third kappa shape index (κ3) is 3.63. The van der Waals surface area contributed by atoms with Crippen LogP contribution in [0.25, 0.3) is 10.8 Å². The molecule has 1 aromatic heterocycles. The SMILES string of the molecule is Cc1ccccc1NC(=O)NCc1nn(C2CCCC2)c(=O)c2ccccc12. The van der Waals surface area contributed by atoms with Crippen LogP contribution in [-0.4, -0.2) is 15.8 Å². The first-order chi connectivity index (χ1) is 13.6. The van der Waals surface area contributed by atoms with Crippen molar-refractivity contribution in [2.24, 2.45) is 0 Å². The van der Waals surface area contributed by atoms with Gasteiger partial charge in [0.2, 0.25) is 0 Å². The molecule has 3 aromatic rings. The normalized spacial score (nSPS) is 14.3. The molecule has 0 atom stereocenters. The Labute approximate surface area is 163 Å². The lowest BCUT2D eigenvalue weighted by molar-refractivity contribution is 0.251. The van der Waals surface area contributed by atoms with Crippen LogP contribution in [0, 0.1) is 6.92 Å². The smallest absolute Gasteiger partial charge is 0.319 e. The fourth-order valence-corrected chi connectivity index (χ4v) is 3.84. The van der Waals surface area contributed by atoms with E-state index >= 15 is 0 Å². The molecule has 2 aromatic carbocycles. The molecule has 144 valence electrons. The largest absolute Gasteiger partial charge is 0.332 e. The van der Waals surface area contributed by atoms with E-state index in [4.69, 9.17) is 0 Å². The number of anilines is 1. The summed E-state index contributed by atoms with van der Waals surface area (Å²) in [5.74, 6) is 0. The maximum absolute atomic E-state index is 12.9. The predicted molar refractivity (Wildman–Crippen MR) is 111 cm³/mol. The Bertz CT molecular complexity index is 1070. The Morgan fingerprint density at radius 2 is 1.75 bits per heavy atom. The van der Waals surface area contributed by atoms with Crippen LogP contribution in [0.15, 0.2) is 53.3 Å². The second-order valence-corrected chi connectivity index (χ2v) is 7.30. The molecule has 28 heavy (non-hydrogen) atoms. The summed E-state index contributed by atoms with van der Waals surface area (Å²) in [6.45, 7) is 2.20. The molecule has 0 saturated heterocycles. The number of rotatable bonds is 4. The first kappa shape index (κ1) is 18.2. The van der Waals surface area contributed by atoms with Gasteiger partial charge >= 0.3 is 6.03 Å². The summed E-state index contributed by atoms with van der Waals surface area (Å²) in [6.07, 6.45) is 4.20. The third-order valence-corrected chi connectivity index (χ3v) is 5.39. The Hall–Kier alpha value is -3.15. The minimum Gasteiger partial charge on any atom is -0.332 e. The summed E-state index contributed by atoms with van der Waals surface area (Å²) in [7, 11) is 0. The van der Waals surface area contributed by atoms with Crippen LogP contribution in [0.2, 0.25) is 0 Å². The number of fused-ring (bicyclic) bond motifs is 1. The molecule has 2 amide bonds. The van der Waals surface area contributed by atoms with Gasteiger partial charge in [-0.2, -0.15) is 5.10 Å². The highest BCUT2D eigenvalue weighted by molar-refractivity contribution is 5.90. The van der Waals surface area contributed by atoms with Crippen LogP contribution in [-0.2, 0) is 6.54 Å². The number of hydrogen-bond acceptors (Lipinski definition) is 3. The van der Waals surface area contributed by atoms with Crippen molar-refractivity contribution < 1.29 is 4.79 Å². The van der Waals surface area contributed by atoms with Crippen LogP contribution in [0.3, 0.4) is 0 Å². The standard InChI is InChI=1S/C22H24N4O2/c1-15-8-2-7-13-19(15)24-22(28)23-14-20-17-11-5-6-12-18(17)21(27)26(25-20)16-9-3-4-10-16/h2,5-8,11-13,16H,3-4,9-10,14H2,1H3,(H2,23,24,28). The van der Waals surface area contributed by atoms with E-state index in [9.17, 15) is 9.59 Å². The van der Waals surface area contributed by atoms with Crippen LogP contribution in [0.4, 0.5) is 10.5 Å². The van der Waals surface area contributed by atoms with E-state index in [1.807, 2.05) is 55.5 Å². The molecule has 6 nitrogen and oxygen atoms in total. The fourth-order valence-electron chi connectivity index (χ4n) is 3.84. The second kappa shape index (κ2) is 7.84. The van der Waals surface area contributed by atoms with E-state index in [1.54, 1.807) is 4.68 Å². The van der Waals surface area contributed by atoms with Gasteiger partial charge in [0.1, 0.15) is 0 Å².